The Morgan fingerprint density at radius 3 is 1.80 bits per heavy atom. The molecule has 1 aromatic carbocycles. The van der Waals surface area contributed by atoms with E-state index >= 15 is 0 Å². The predicted molar refractivity (Wildman–Crippen MR) is 56.6 cm³/mol. The van der Waals surface area contributed by atoms with Gasteiger partial charge in [-0.3, -0.25) is 9.59 Å². The molecule has 2 bridgehead atoms. The van der Waals surface area contributed by atoms with E-state index in [1.165, 1.54) is 24.0 Å². The van der Waals surface area contributed by atoms with Crippen molar-refractivity contribution in [1.82, 2.24) is 0 Å². The largest absolute Gasteiger partial charge is 0.298 e. The van der Waals surface area contributed by atoms with E-state index in [0.29, 0.717) is 11.8 Å². The fraction of sp³-hybridized carbons (Fsp3) is 0.385. The monoisotopic (exact) mass is 200 g/mol. The Labute approximate surface area is 88.3 Å². The minimum absolute atomic E-state index is 0.532. The second kappa shape index (κ2) is 3.02. The van der Waals surface area contributed by atoms with Crippen LogP contribution in [0.15, 0.2) is 12.1 Å². The van der Waals surface area contributed by atoms with Crippen molar-refractivity contribution in [3.05, 3.63) is 34.4 Å². The Balaban J connectivity index is 2.29. The SMILES string of the molecule is O=Cc1ccc(C=O)c2c1C1CCC2C1. The van der Waals surface area contributed by atoms with Crippen molar-refractivity contribution in [2.45, 2.75) is 31.1 Å². The highest BCUT2D eigenvalue weighted by Gasteiger charge is 2.39. The van der Waals surface area contributed by atoms with Crippen LogP contribution in [0, 0.1) is 0 Å². The van der Waals surface area contributed by atoms with Crippen molar-refractivity contribution in [3.8, 4) is 0 Å². The Morgan fingerprint density at radius 2 is 1.40 bits per heavy atom. The van der Waals surface area contributed by atoms with E-state index in [4.69, 9.17) is 0 Å². The van der Waals surface area contributed by atoms with Crippen LogP contribution in [-0.2, 0) is 0 Å². The van der Waals surface area contributed by atoms with E-state index in [1.54, 1.807) is 12.1 Å². The molecule has 0 N–H and O–H groups in total. The molecule has 2 unspecified atom stereocenters. The molecule has 2 nitrogen and oxygen atoms in total. The van der Waals surface area contributed by atoms with Gasteiger partial charge >= 0.3 is 0 Å². The zero-order valence-electron chi connectivity index (χ0n) is 8.40. The number of hydrogen-bond acceptors (Lipinski definition) is 2. The number of aldehydes is 2. The summed E-state index contributed by atoms with van der Waals surface area (Å²) >= 11 is 0. The molecule has 1 fully saturated rings. The zero-order valence-corrected chi connectivity index (χ0v) is 8.40. The molecule has 0 spiro atoms. The summed E-state index contributed by atoms with van der Waals surface area (Å²) in [6.45, 7) is 0. The molecule has 1 aromatic rings. The third-order valence-electron chi connectivity index (χ3n) is 3.86. The topological polar surface area (TPSA) is 34.1 Å². The average Bonchev–Trinajstić information content (AvgIpc) is 2.88. The first-order valence-corrected chi connectivity index (χ1v) is 5.42. The van der Waals surface area contributed by atoms with E-state index in [0.717, 1.165) is 30.1 Å². The summed E-state index contributed by atoms with van der Waals surface area (Å²) in [6, 6.07) is 3.58. The van der Waals surface area contributed by atoms with E-state index < -0.39 is 0 Å². The van der Waals surface area contributed by atoms with Crippen LogP contribution in [0.4, 0.5) is 0 Å². The van der Waals surface area contributed by atoms with Crippen LogP contribution in [0.3, 0.4) is 0 Å². The molecule has 76 valence electrons. The van der Waals surface area contributed by atoms with Gasteiger partial charge < -0.3 is 0 Å². The van der Waals surface area contributed by atoms with Gasteiger partial charge in [0.1, 0.15) is 12.6 Å². The molecule has 3 rings (SSSR count). The second-order valence-electron chi connectivity index (χ2n) is 4.51. The maximum atomic E-state index is 11.0. The van der Waals surface area contributed by atoms with Gasteiger partial charge in [-0.25, -0.2) is 0 Å². The van der Waals surface area contributed by atoms with Gasteiger partial charge in [0, 0.05) is 11.1 Å². The van der Waals surface area contributed by atoms with Crippen molar-refractivity contribution in [3.63, 3.8) is 0 Å². The van der Waals surface area contributed by atoms with Crippen molar-refractivity contribution in [2.75, 3.05) is 0 Å². The molecule has 2 aliphatic carbocycles. The first kappa shape index (κ1) is 8.84. The van der Waals surface area contributed by atoms with Crippen LogP contribution in [-0.4, -0.2) is 12.6 Å². The second-order valence-corrected chi connectivity index (χ2v) is 4.51. The Kier molecular flexibility index (Phi) is 1.78. The highest BCUT2D eigenvalue weighted by Crippen LogP contribution is 2.54. The summed E-state index contributed by atoms with van der Waals surface area (Å²) in [4.78, 5) is 21.9. The van der Waals surface area contributed by atoms with Crippen molar-refractivity contribution in [2.24, 2.45) is 0 Å². The molecule has 0 amide bonds. The molecular weight excluding hydrogens is 188 g/mol. The molecule has 0 aliphatic heterocycles. The molecule has 0 heterocycles. The summed E-state index contributed by atoms with van der Waals surface area (Å²) in [7, 11) is 0. The molecular formula is C13H12O2. The molecule has 0 saturated heterocycles. The first-order valence-electron chi connectivity index (χ1n) is 5.42. The van der Waals surface area contributed by atoms with Gasteiger partial charge in [-0.1, -0.05) is 12.1 Å². The maximum Gasteiger partial charge on any atom is 0.150 e. The molecule has 2 aliphatic rings. The number of carbonyl (C=O) groups excluding carboxylic acids is 2. The summed E-state index contributed by atoms with van der Waals surface area (Å²) < 4.78 is 0. The predicted octanol–water partition coefficient (Wildman–Crippen LogP) is 2.68. The third kappa shape index (κ3) is 1.05. The highest BCUT2D eigenvalue weighted by atomic mass is 16.1. The van der Waals surface area contributed by atoms with Crippen LogP contribution in [0.1, 0.15) is 62.9 Å². The lowest BCUT2D eigenvalue weighted by Crippen LogP contribution is -2.05. The summed E-state index contributed by atoms with van der Waals surface area (Å²) in [5.74, 6) is 1.06. The van der Waals surface area contributed by atoms with Gasteiger partial charge in [0.05, 0.1) is 0 Å². The average molecular weight is 200 g/mol. The quantitative estimate of drug-likeness (QED) is 0.688. The number of hydrogen-bond donors (Lipinski definition) is 0. The van der Waals surface area contributed by atoms with Crippen LogP contribution in [0.2, 0.25) is 0 Å². The molecule has 1 saturated carbocycles. The van der Waals surface area contributed by atoms with Crippen LogP contribution < -0.4 is 0 Å². The first-order chi connectivity index (χ1) is 7.35. The van der Waals surface area contributed by atoms with E-state index in [1.807, 2.05) is 0 Å². The van der Waals surface area contributed by atoms with Gasteiger partial charge in [0.15, 0.2) is 0 Å². The van der Waals surface area contributed by atoms with Gasteiger partial charge in [0.2, 0.25) is 0 Å². The molecule has 0 aromatic heterocycles. The van der Waals surface area contributed by atoms with Crippen LogP contribution in [0.5, 0.6) is 0 Å². The number of benzene rings is 1. The normalized spacial score (nSPS) is 26.4. The highest BCUT2D eigenvalue weighted by molar-refractivity contribution is 5.86. The molecule has 15 heavy (non-hydrogen) atoms. The molecule has 2 atom stereocenters. The molecule has 0 radical (unpaired) electrons. The van der Waals surface area contributed by atoms with Crippen molar-refractivity contribution in [1.29, 1.82) is 0 Å². The lowest BCUT2D eigenvalue weighted by Gasteiger charge is -2.18. The molecule has 2 heteroatoms. The number of fused-ring (bicyclic) bond motifs is 5. The van der Waals surface area contributed by atoms with Crippen molar-refractivity contribution < 1.29 is 9.59 Å². The lowest BCUT2D eigenvalue weighted by atomic mass is 9.86. The maximum absolute atomic E-state index is 11.0. The van der Waals surface area contributed by atoms with Gasteiger partial charge in [0.25, 0.3) is 0 Å². The van der Waals surface area contributed by atoms with E-state index in [-0.39, 0.29) is 0 Å². The summed E-state index contributed by atoms with van der Waals surface area (Å²) in [5.41, 5.74) is 3.93. The van der Waals surface area contributed by atoms with Gasteiger partial charge in [-0.05, 0) is 42.2 Å². The smallest absolute Gasteiger partial charge is 0.150 e. The Bertz CT molecular complexity index is 407. The van der Waals surface area contributed by atoms with Gasteiger partial charge in [-0.15, -0.1) is 0 Å². The van der Waals surface area contributed by atoms with Crippen LogP contribution in [0.25, 0.3) is 0 Å². The number of carbonyl (C=O) groups is 2. The fourth-order valence-electron chi connectivity index (χ4n) is 3.29. The Morgan fingerprint density at radius 1 is 0.933 bits per heavy atom. The fourth-order valence-corrected chi connectivity index (χ4v) is 3.29. The van der Waals surface area contributed by atoms with E-state index in [2.05, 4.69) is 0 Å². The Hall–Kier alpha value is -1.44. The zero-order chi connectivity index (χ0) is 10.4. The minimum atomic E-state index is 0.532. The third-order valence-corrected chi connectivity index (χ3v) is 3.86. The number of rotatable bonds is 2. The van der Waals surface area contributed by atoms with Crippen LogP contribution >= 0.6 is 0 Å². The summed E-state index contributed by atoms with van der Waals surface area (Å²) in [6.07, 6.45) is 5.35. The van der Waals surface area contributed by atoms with Crippen molar-refractivity contribution >= 4 is 12.6 Å². The lowest BCUT2D eigenvalue weighted by molar-refractivity contribution is 0.111. The minimum Gasteiger partial charge on any atom is -0.298 e. The van der Waals surface area contributed by atoms with Gasteiger partial charge in [-0.2, -0.15) is 0 Å². The van der Waals surface area contributed by atoms with E-state index in [9.17, 15) is 9.59 Å². The summed E-state index contributed by atoms with van der Waals surface area (Å²) in [5, 5.41) is 0. The standard InChI is InChI=1S/C13H12O2/c14-6-10-3-4-11(7-15)13-9-2-1-8(5-9)12(10)13/h3-4,6-9H,1-2,5H2.